The topological polar surface area (TPSA) is 157 Å². The number of nitrogens with zero attached hydrogens (tertiary/aromatic N) is 2. The molecular weight excluding hydrogens is 509 g/mol. The number of esters is 1. The molecule has 13 heteroatoms. The molecule has 2 aromatic rings. The van der Waals surface area contributed by atoms with Gasteiger partial charge in [-0.3, -0.25) is 4.79 Å². The predicted molar refractivity (Wildman–Crippen MR) is 131 cm³/mol. The molecule has 3 rings (SSSR count). The van der Waals surface area contributed by atoms with E-state index in [-0.39, 0.29) is 24.2 Å². The second kappa shape index (κ2) is 11.1. The fraction of sp³-hybridized carbons (Fsp3) is 0.375. The highest BCUT2D eigenvalue weighted by Gasteiger charge is 2.45. The van der Waals surface area contributed by atoms with Gasteiger partial charge in [0.05, 0.1) is 19.3 Å². The number of halogens is 1. The molecule has 2 aromatic carbocycles. The Morgan fingerprint density at radius 1 is 1.19 bits per heavy atom. The molecule has 3 N–H and O–H groups in total. The number of alkyl halides is 1. The normalized spacial score (nSPS) is 17.2. The second-order valence-corrected chi connectivity index (χ2v) is 10.3. The lowest BCUT2D eigenvalue weighted by atomic mass is 9.91. The minimum atomic E-state index is -4.25. The van der Waals surface area contributed by atoms with E-state index in [1.54, 1.807) is 24.3 Å². The molecule has 1 aliphatic rings. The van der Waals surface area contributed by atoms with Gasteiger partial charge in [-0.2, -0.15) is 8.42 Å². The molecule has 0 aromatic heterocycles. The van der Waals surface area contributed by atoms with E-state index in [0.29, 0.717) is 11.3 Å². The van der Waals surface area contributed by atoms with E-state index in [2.05, 4.69) is 0 Å². The number of carbonyl (C=O) groups excluding carboxylic acids is 2. The first kappa shape index (κ1) is 27.9. The van der Waals surface area contributed by atoms with Gasteiger partial charge in [-0.05, 0) is 41.8 Å². The summed E-state index contributed by atoms with van der Waals surface area (Å²) in [5.74, 6) is -3.09. The van der Waals surface area contributed by atoms with E-state index < -0.39 is 59.3 Å². The number of anilines is 1. The van der Waals surface area contributed by atoms with Crippen LogP contribution in [0.15, 0.2) is 48.5 Å². The summed E-state index contributed by atoms with van der Waals surface area (Å²) in [5, 5.41) is 9.61. The number of nitrogens with two attached hydrogens (primary N) is 1. The van der Waals surface area contributed by atoms with Gasteiger partial charge in [-0.15, -0.1) is 0 Å². The average Bonchev–Trinajstić information content (AvgIpc) is 3.10. The van der Waals surface area contributed by atoms with Crippen molar-refractivity contribution >= 4 is 33.7 Å². The molecule has 2 atom stereocenters. The fourth-order valence-corrected chi connectivity index (χ4v) is 5.13. The molecule has 0 spiro atoms. The highest BCUT2D eigenvalue weighted by molar-refractivity contribution is 7.91. The third kappa shape index (κ3) is 6.00. The largest absolute Gasteiger partial charge is 0.497 e. The number of hydrogen-bond donors (Lipinski definition) is 2. The van der Waals surface area contributed by atoms with E-state index in [1.807, 2.05) is 0 Å². The molecule has 1 saturated heterocycles. The van der Waals surface area contributed by atoms with E-state index in [0.717, 1.165) is 8.61 Å². The van der Waals surface area contributed by atoms with Crippen LogP contribution in [0, 0.1) is 0 Å². The number of carboxylic acids is 1. The van der Waals surface area contributed by atoms with Crippen LogP contribution < -0.4 is 14.8 Å². The summed E-state index contributed by atoms with van der Waals surface area (Å²) in [7, 11) is -2.76. The molecule has 1 amide bonds. The van der Waals surface area contributed by atoms with Crippen LogP contribution in [0.2, 0.25) is 0 Å². The van der Waals surface area contributed by atoms with Gasteiger partial charge in [0, 0.05) is 6.42 Å². The standard InChI is InChI=1S/C24H28FN3O8S/c1-3-18(25)15-36-23(32)24(26,22(30)31)12-17-5-4-6-19(11-17)27-14-21(29)28(37(27,33)34)13-16-7-9-20(35-2)10-8-16/h4-11,18H,3,12-15,26H2,1-2H3,(H,30,31). The molecule has 0 saturated carbocycles. The third-order valence-corrected chi connectivity index (χ3v) is 7.65. The first-order valence-corrected chi connectivity index (χ1v) is 12.7. The van der Waals surface area contributed by atoms with Crippen LogP contribution in [-0.2, 0) is 42.3 Å². The van der Waals surface area contributed by atoms with Crippen molar-refractivity contribution < 1.29 is 41.8 Å². The molecule has 200 valence electrons. The van der Waals surface area contributed by atoms with Gasteiger partial charge in [-0.1, -0.05) is 31.2 Å². The van der Waals surface area contributed by atoms with Gasteiger partial charge in [0.1, 0.15) is 25.1 Å². The quantitative estimate of drug-likeness (QED) is 0.319. The summed E-state index contributed by atoms with van der Waals surface area (Å²) in [6.07, 6.45) is -1.96. The monoisotopic (exact) mass is 537 g/mol. The molecule has 0 bridgehead atoms. The lowest BCUT2D eigenvalue weighted by Crippen LogP contribution is -2.57. The predicted octanol–water partition coefficient (Wildman–Crippen LogP) is 1.40. The number of benzene rings is 2. The molecule has 1 aliphatic heterocycles. The maximum Gasteiger partial charge on any atom is 0.338 e. The maximum atomic E-state index is 13.5. The van der Waals surface area contributed by atoms with Crippen LogP contribution in [0.25, 0.3) is 0 Å². The van der Waals surface area contributed by atoms with Crippen LogP contribution in [0.5, 0.6) is 5.75 Å². The van der Waals surface area contributed by atoms with Crippen molar-refractivity contribution in [1.29, 1.82) is 0 Å². The minimum Gasteiger partial charge on any atom is -0.497 e. The van der Waals surface area contributed by atoms with Gasteiger partial charge >= 0.3 is 22.1 Å². The number of ether oxygens (including phenoxy) is 2. The Hall–Kier alpha value is -3.71. The van der Waals surface area contributed by atoms with Crippen LogP contribution in [0.1, 0.15) is 24.5 Å². The summed E-state index contributed by atoms with van der Waals surface area (Å²) in [6.45, 7) is 0.239. The van der Waals surface area contributed by atoms with Crippen molar-refractivity contribution in [3.63, 3.8) is 0 Å². The van der Waals surface area contributed by atoms with Gasteiger partial charge in [-0.25, -0.2) is 22.6 Å². The average molecular weight is 538 g/mol. The Morgan fingerprint density at radius 2 is 1.86 bits per heavy atom. The molecule has 1 heterocycles. The highest BCUT2D eigenvalue weighted by Crippen LogP contribution is 2.29. The highest BCUT2D eigenvalue weighted by atomic mass is 32.2. The summed E-state index contributed by atoms with van der Waals surface area (Å²) in [4.78, 5) is 36.9. The first-order chi connectivity index (χ1) is 17.4. The van der Waals surface area contributed by atoms with Crippen molar-refractivity contribution in [3.05, 3.63) is 59.7 Å². The van der Waals surface area contributed by atoms with E-state index >= 15 is 0 Å². The Bertz CT molecular complexity index is 1270. The molecule has 0 radical (unpaired) electrons. The second-order valence-electron chi connectivity index (χ2n) is 8.49. The zero-order valence-electron chi connectivity index (χ0n) is 20.3. The number of aliphatic carboxylic acids is 1. The Labute approximate surface area is 213 Å². The van der Waals surface area contributed by atoms with Crippen molar-refractivity contribution in [2.24, 2.45) is 5.73 Å². The van der Waals surface area contributed by atoms with Crippen LogP contribution in [-0.4, -0.2) is 67.6 Å². The minimum absolute atomic E-state index is 0.0679. The van der Waals surface area contributed by atoms with E-state index in [4.69, 9.17) is 15.2 Å². The Kier molecular flexibility index (Phi) is 8.39. The van der Waals surface area contributed by atoms with E-state index in [9.17, 15) is 32.3 Å². The van der Waals surface area contributed by atoms with Gasteiger partial charge in [0.2, 0.25) is 5.54 Å². The summed E-state index contributed by atoms with van der Waals surface area (Å²) < 4.78 is 51.4. The SMILES string of the molecule is CCC(F)COC(=O)C(N)(Cc1cccc(N2CC(=O)N(Cc3ccc(OC)cc3)S2(=O)=O)c1)C(=O)O. The molecule has 1 fully saturated rings. The summed E-state index contributed by atoms with van der Waals surface area (Å²) in [6, 6.07) is 12.2. The van der Waals surface area contributed by atoms with Crippen molar-refractivity contribution in [2.45, 2.75) is 38.0 Å². The van der Waals surface area contributed by atoms with E-state index in [1.165, 1.54) is 38.3 Å². The zero-order valence-corrected chi connectivity index (χ0v) is 21.1. The van der Waals surface area contributed by atoms with Crippen LogP contribution in [0.4, 0.5) is 10.1 Å². The van der Waals surface area contributed by atoms with Crippen molar-refractivity contribution in [1.82, 2.24) is 4.31 Å². The number of carbonyl (C=O) groups is 3. The molecule has 37 heavy (non-hydrogen) atoms. The Balaban J connectivity index is 1.82. The lowest BCUT2D eigenvalue weighted by Gasteiger charge is -2.24. The van der Waals surface area contributed by atoms with Gasteiger partial charge < -0.3 is 20.3 Å². The summed E-state index contributed by atoms with van der Waals surface area (Å²) >= 11 is 0. The van der Waals surface area contributed by atoms with Crippen LogP contribution >= 0.6 is 0 Å². The number of hydrogen-bond acceptors (Lipinski definition) is 8. The first-order valence-electron chi connectivity index (χ1n) is 11.3. The summed E-state index contributed by atoms with van der Waals surface area (Å²) in [5.41, 5.74) is 4.17. The zero-order chi connectivity index (χ0) is 27.4. The number of methoxy groups -OCH3 is 1. The molecule has 0 aliphatic carbocycles. The smallest absolute Gasteiger partial charge is 0.338 e. The molecule has 11 nitrogen and oxygen atoms in total. The van der Waals surface area contributed by atoms with Gasteiger partial charge in [0.15, 0.2) is 0 Å². The third-order valence-electron chi connectivity index (χ3n) is 5.86. The van der Waals surface area contributed by atoms with Crippen molar-refractivity contribution in [2.75, 3.05) is 24.6 Å². The van der Waals surface area contributed by atoms with Crippen molar-refractivity contribution in [3.8, 4) is 5.75 Å². The number of rotatable bonds is 11. The Morgan fingerprint density at radius 3 is 2.46 bits per heavy atom. The number of amides is 1. The van der Waals surface area contributed by atoms with Gasteiger partial charge in [0.25, 0.3) is 5.91 Å². The van der Waals surface area contributed by atoms with Crippen LogP contribution in [0.3, 0.4) is 0 Å². The lowest BCUT2D eigenvalue weighted by molar-refractivity contribution is -0.162. The maximum absolute atomic E-state index is 13.5. The molecule has 2 unspecified atom stereocenters. The molecular formula is C24H28FN3O8S. The fourth-order valence-electron chi connectivity index (χ4n) is 3.61. The number of carboxylic acid groups (broad SMARTS) is 1.